The maximum absolute atomic E-state index is 12.4. The zero-order valence-electron chi connectivity index (χ0n) is 16.4. The van der Waals surface area contributed by atoms with Gasteiger partial charge >= 0.3 is 0 Å². The number of hydrazine groups is 1. The lowest BCUT2D eigenvalue weighted by Crippen LogP contribution is -2.15. The topological polar surface area (TPSA) is 85.6 Å². The molecular formula is C22H22ClN3O3S. The van der Waals surface area contributed by atoms with E-state index >= 15 is 0 Å². The maximum atomic E-state index is 12.4. The van der Waals surface area contributed by atoms with E-state index in [1.807, 2.05) is 55.5 Å². The second kappa shape index (κ2) is 10.9. The van der Waals surface area contributed by atoms with Crippen molar-refractivity contribution in [1.82, 2.24) is 4.83 Å². The molecule has 3 aromatic rings. The molecule has 0 saturated carbocycles. The van der Waals surface area contributed by atoms with Gasteiger partial charge in [-0.1, -0.05) is 47.5 Å². The van der Waals surface area contributed by atoms with Crippen LogP contribution in [-0.2, 0) is 17.8 Å². The average Bonchev–Trinajstić information content (AvgIpc) is 2.74. The number of amides is 1. The Morgan fingerprint density at radius 2 is 1.83 bits per heavy atom. The Hall–Kier alpha value is -2.71. The van der Waals surface area contributed by atoms with Crippen LogP contribution in [0.3, 0.4) is 0 Å². The number of hydrogen-bond acceptors (Lipinski definition) is 6. The van der Waals surface area contributed by atoms with E-state index in [1.165, 1.54) is 0 Å². The van der Waals surface area contributed by atoms with Gasteiger partial charge in [-0.05, 0) is 42.8 Å². The highest BCUT2D eigenvalue weighted by Crippen LogP contribution is 2.27. The molecule has 0 aliphatic carbocycles. The molecule has 0 unspecified atom stereocenters. The molecule has 0 aliphatic heterocycles. The second-order valence-electron chi connectivity index (χ2n) is 6.53. The van der Waals surface area contributed by atoms with Crippen LogP contribution in [0.25, 0.3) is 0 Å². The van der Waals surface area contributed by atoms with Crippen molar-refractivity contribution in [2.45, 2.75) is 20.0 Å². The predicted molar refractivity (Wildman–Crippen MR) is 121 cm³/mol. The number of nitrogens with one attached hydrogen (secondary N) is 2. The van der Waals surface area contributed by atoms with Gasteiger partial charge in [-0.15, -0.1) is 0 Å². The first kappa shape index (κ1) is 22.0. The summed E-state index contributed by atoms with van der Waals surface area (Å²) in [6, 6.07) is 20.4. The fourth-order valence-corrected chi connectivity index (χ4v) is 3.21. The van der Waals surface area contributed by atoms with Gasteiger partial charge in [-0.2, -0.15) is 4.83 Å². The molecule has 6 nitrogen and oxygen atoms in total. The van der Waals surface area contributed by atoms with E-state index in [4.69, 9.17) is 26.4 Å². The first-order valence-electron chi connectivity index (χ1n) is 9.20. The molecule has 4 N–H and O–H groups in total. The van der Waals surface area contributed by atoms with Crippen LogP contribution >= 0.6 is 23.8 Å². The summed E-state index contributed by atoms with van der Waals surface area (Å²) in [4.78, 5) is 14.8. The molecule has 0 bridgehead atoms. The van der Waals surface area contributed by atoms with Crippen LogP contribution < -0.4 is 24.9 Å². The van der Waals surface area contributed by atoms with Crippen molar-refractivity contribution in [3.8, 4) is 11.5 Å². The number of nitrogens with two attached hydrogens (primary N) is 1. The summed E-state index contributed by atoms with van der Waals surface area (Å²) in [6.07, 6.45) is 0.174. The Bertz CT molecular complexity index is 999. The number of hydrogen-bond donors (Lipinski definition) is 3. The number of carbonyl (C=O) groups is 1. The number of aryl methyl sites for hydroxylation is 1. The smallest absolute Gasteiger partial charge is 0.228 e. The van der Waals surface area contributed by atoms with Gasteiger partial charge in [0, 0.05) is 22.3 Å². The second-order valence-corrected chi connectivity index (χ2v) is 7.50. The Labute approximate surface area is 185 Å². The molecule has 0 heterocycles. The molecule has 1 amide bonds. The largest absolute Gasteiger partial charge is 0.489 e. The van der Waals surface area contributed by atoms with Crippen molar-refractivity contribution in [2.24, 2.45) is 5.84 Å². The van der Waals surface area contributed by atoms with Gasteiger partial charge in [0.2, 0.25) is 5.91 Å². The summed E-state index contributed by atoms with van der Waals surface area (Å²) in [5, 5.41) is 3.42. The monoisotopic (exact) mass is 443 g/mol. The highest BCUT2D eigenvalue weighted by molar-refractivity contribution is 7.93. The van der Waals surface area contributed by atoms with Gasteiger partial charge in [0.05, 0.1) is 6.42 Å². The SMILES string of the molecule is Cc1ccc(OCc2ccc(NC(=O)Cc3ccccc3Cl)cc2OSNN)cc1. The highest BCUT2D eigenvalue weighted by Gasteiger charge is 2.11. The summed E-state index contributed by atoms with van der Waals surface area (Å²) in [7, 11) is 0. The van der Waals surface area contributed by atoms with E-state index in [2.05, 4.69) is 10.1 Å². The van der Waals surface area contributed by atoms with Crippen LogP contribution in [0.5, 0.6) is 11.5 Å². The lowest BCUT2D eigenvalue weighted by Gasteiger charge is -2.13. The van der Waals surface area contributed by atoms with Gasteiger partial charge in [0.15, 0.2) is 12.2 Å². The van der Waals surface area contributed by atoms with Crippen molar-refractivity contribution in [2.75, 3.05) is 5.32 Å². The standard InChI is InChI=1S/C22H22ClN3O3S/c1-15-6-10-19(11-7-15)28-14-17-8-9-18(13-21(17)29-30-26-24)25-22(27)12-16-4-2-3-5-20(16)23/h2-11,13,26H,12,14,24H2,1H3,(H,25,27). The van der Waals surface area contributed by atoms with E-state index in [-0.39, 0.29) is 12.3 Å². The van der Waals surface area contributed by atoms with Crippen molar-refractivity contribution >= 4 is 35.4 Å². The predicted octanol–water partition coefficient (Wildman–Crippen LogP) is 4.81. The molecule has 156 valence electrons. The van der Waals surface area contributed by atoms with E-state index in [0.29, 0.717) is 23.1 Å². The number of halogens is 1. The molecule has 0 spiro atoms. The van der Waals surface area contributed by atoms with Gasteiger partial charge in [0.25, 0.3) is 0 Å². The lowest BCUT2D eigenvalue weighted by molar-refractivity contribution is -0.115. The van der Waals surface area contributed by atoms with Crippen molar-refractivity contribution in [3.05, 3.63) is 88.4 Å². The number of benzene rings is 3. The van der Waals surface area contributed by atoms with E-state index in [0.717, 1.165) is 34.7 Å². The average molecular weight is 444 g/mol. The summed E-state index contributed by atoms with van der Waals surface area (Å²) in [5.74, 6) is 6.41. The number of ether oxygens (including phenoxy) is 1. The summed E-state index contributed by atoms with van der Waals surface area (Å²) >= 11 is 7.01. The third-order valence-electron chi connectivity index (χ3n) is 4.25. The van der Waals surface area contributed by atoms with Crippen LogP contribution in [-0.4, -0.2) is 5.91 Å². The molecule has 0 aromatic heterocycles. The molecule has 3 rings (SSSR count). The normalized spacial score (nSPS) is 10.5. The van der Waals surface area contributed by atoms with Gasteiger partial charge in [0.1, 0.15) is 18.1 Å². The zero-order valence-corrected chi connectivity index (χ0v) is 17.9. The molecule has 0 atom stereocenters. The van der Waals surface area contributed by atoms with Gasteiger partial charge < -0.3 is 14.2 Å². The lowest BCUT2D eigenvalue weighted by atomic mass is 10.1. The first-order valence-corrected chi connectivity index (χ1v) is 10.3. The van der Waals surface area contributed by atoms with Gasteiger partial charge in [-0.25, -0.2) is 0 Å². The zero-order chi connectivity index (χ0) is 21.3. The van der Waals surface area contributed by atoms with E-state index in [1.54, 1.807) is 18.2 Å². The van der Waals surface area contributed by atoms with Gasteiger partial charge in [-0.3, -0.25) is 10.6 Å². The molecule has 0 aliphatic rings. The van der Waals surface area contributed by atoms with Crippen LogP contribution in [0.15, 0.2) is 66.7 Å². The fraction of sp³-hybridized carbons (Fsp3) is 0.136. The molecule has 0 fully saturated rings. The molecule has 0 saturated heterocycles. The van der Waals surface area contributed by atoms with Crippen LogP contribution in [0, 0.1) is 6.92 Å². The Kier molecular flexibility index (Phi) is 7.98. The van der Waals surface area contributed by atoms with Crippen LogP contribution in [0.1, 0.15) is 16.7 Å². The van der Waals surface area contributed by atoms with Crippen molar-refractivity contribution < 1.29 is 13.7 Å². The quantitative estimate of drug-likeness (QED) is 0.190. The van der Waals surface area contributed by atoms with E-state index in [9.17, 15) is 4.79 Å². The number of anilines is 1. The molecule has 8 heteroatoms. The fourth-order valence-electron chi connectivity index (χ4n) is 2.71. The first-order chi connectivity index (χ1) is 14.5. The minimum atomic E-state index is -0.178. The third kappa shape index (κ3) is 6.40. The van der Waals surface area contributed by atoms with Crippen LogP contribution in [0.4, 0.5) is 5.69 Å². The number of rotatable bonds is 9. The summed E-state index contributed by atoms with van der Waals surface area (Å²) in [5.41, 5.74) is 3.33. The number of carbonyl (C=O) groups excluding carboxylic acids is 1. The highest BCUT2D eigenvalue weighted by atomic mass is 35.5. The molecule has 0 radical (unpaired) electrons. The molecule has 30 heavy (non-hydrogen) atoms. The van der Waals surface area contributed by atoms with Crippen molar-refractivity contribution in [1.29, 1.82) is 0 Å². The van der Waals surface area contributed by atoms with Crippen molar-refractivity contribution in [3.63, 3.8) is 0 Å². The molecule has 3 aromatic carbocycles. The Morgan fingerprint density at radius 1 is 1.07 bits per heavy atom. The molecular weight excluding hydrogens is 422 g/mol. The third-order valence-corrected chi connectivity index (χ3v) is 4.98. The van der Waals surface area contributed by atoms with Crippen LogP contribution in [0.2, 0.25) is 5.02 Å². The summed E-state index contributed by atoms with van der Waals surface area (Å²) < 4.78 is 11.4. The Balaban J connectivity index is 1.68. The minimum absolute atomic E-state index is 0.174. The maximum Gasteiger partial charge on any atom is 0.228 e. The van der Waals surface area contributed by atoms with E-state index < -0.39 is 0 Å². The Morgan fingerprint density at radius 3 is 2.57 bits per heavy atom. The summed E-state index contributed by atoms with van der Waals surface area (Å²) in [6.45, 7) is 2.32. The minimum Gasteiger partial charge on any atom is -0.489 e.